The van der Waals surface area contributed by atoms with E-state index in [9.17, 15) is 13.2 Å². The zero-order valence-electron chi connectivity index (χ0n) is 15.2. The first kappa shape index (κ1) is 19.3. The van der Waals surface area contributed by atoms with Gasteiger partial charge in [-0.1, -0.05) is 17.3 Å². The molecule has 3 heterocycles. The monoisotopic (exact) mass is 420 g/mol. The zero-order chi connectivity index (χ0) is 20.4. The third-order valence-corrected chi connectivity index (χ3v) is 5.15. The molecule has 10 heteroatoms. The van der Waals surface area contributed by atoms with Gasteiger partial charge in [-0.2, -0.15) is 29.9 Å². The molecule has 4 aromatic rings. The van der Waals surface area contributed by atoms with E-state index in [1.807, 2.05) is 30.5 Å². The molecule has 0 atom stereocenters. The number of aromatic nitrogens is 4. The number of pyridine rings is 1. The quantitative estimate of drug-likeness (QED) is 0.445. The number of hydrogen-bond donors (Lipinski definition) is 0. The van der Waals surface area contributed by atoms with Gasteiger partial charge in [0.2, 0.25) is 5.82 Å². The van der Waals surface area contributed by atoms with E-state index in [1.54, 1.807) is 41.6 Å². The first-order valence-corrected chi connectivity index (χ1v) is 9.67. The van der Waals surface area contributed by atoms with Crippen molar-refractivity contribution in [2.75, 3.05) is 7.11 Å². The van der Waals surface area contributed by atoms with Gasteiger partial charge in [0.15, 0.2) is 0 Å². The highest BCUT2D eigenvalue weighted by Crippen LogP contribution is 2.29. The number of ether oxygens (including phenoxy) is 1. The molecular weight excluding hydrogens is 405 g/mol. The smallest absolute Gasteiger partial charge is 0.471 e. The lowest BCUT2D eigenvalue weighted by atomic mass is 10.2. The van der Waals surface area contributed by atoms with Crippen LogP contribution in [0.5, 0.6) is 5.75 Å². The van der Waals surface area contributed by atoms with Gasteiger partial charge in [-0.3, -0.25) is 0 Å². The van der Waals surface area contributed by atoms with Crippen molar-refractivity contribution in [3.63, 3.8) is 0 Å². The van der Waals surface area contributed by atoms with Crippen LogP contribution in [0.1, 0.15) is 17.1 Å². The lowest BCUT2D eigenvalue weighted by Gasteiger charge is -2.02. The number of rotatable bonds is 6. The second-order valence-electron chi connectivity index (χ2n) is 6.17. The Morgan fingerprint density at radius 3 is 2.59 bits per heavy atom. The van der Waals surface area contributed by atoms with Crippen LogP contribution in [0.2, 0.25) is 0 Å². The lowest BCUT2D eigenvalue weighted by molar-refractivity contribution is -0.159. The first-order chi connectivity index (χ1) is 13.9. The summed E-state index contributed by atoms with van der Waals surface area (Å²) in [5.41, 5.74) is 3.05. The molecule has 0 bridgehead atoms. The molecule has 0 amide bonds. The van der Waals surface area contributed by atoms with Gasteiger partial charge in [0.05, 0.1) is 12.8 Å². The second kappa shape index (κ2) is 7.78. The fourth-order valence-corrected chi connectivity index (χ4v) is 3.57. The van der Waals surface area contributed by atoms with Gasteiger partial charge in [0.1, 0.15) is 11.4 Å². The molecule has 150 valence electrons. The Balaban J connectivity index is 1.44. The zero-order valence-corrected chi connectivity index (χ0v) is 16.0. The van der Waals surface area contributed by atoms with E-state index < -0.39 is 12.1 Å². The molecule has 0 N–H and O–H groups in total. The number of thioether (sulfide) groups is 1. The van der Waals surface area contributed by atoms with E-state index in [0.717, 1.165) is 17.2 Å². The van der Waals surface area contributed by atoms with Gasteiger partial charge in [0.25, 0.3) is 0 Å². The molecule has 3 aromatic heterocycles. The van der Waals surface area contributed by atoms with Crippen molar-refractivity contribution in [3.05, 3.63) is 65.9 Å². The second-order valence-corrected chi connectivity index (χ2v) is 7.16. The summed E-state index contributed by atoms with van der Waals surface area (Å²) in [4.78, 5) is 7.93. The van der Waals surface area contributed by atoms with Crippen molar-refractivity contribution in [3.8, 4) is 17.1 Å². The lowest BCUT2D eigenvalue weighted by Crippen LogP contribution is -2.04. The molecule has 0 aliphatic rings. The highest BCUT2D eigenvalue weighted by Gasteiger charge is 2.38. The first-order valence-electron chi connectivity index (χ1n) is 8.52. The van der Waals surface area contributed by atoms with Crippen molar-refractivity contribution < 1.29 is 22.4 Å². The largest absolute Gasteiger partial charge is 0.497 e. The topological polar surface area (TPSA) is 65.5 Å². The van der Waals surface area contributed by atoms with Gasteiger partial charge < -0.3 is 13.7 Å². The standard InChI is InChI=1S/C19H15F3N4O2S/c1-27-15-4-2-12(3-5-15)10-29-11-14-9-26-7-6-13(8-16(26)23-14)17-24-18(28-25-17)19(20,21)22/h2-9H,10-11H2,1H3. The number of imidazole rings is 1. The van der Waals surface area contributed by atoms with E-state index in [-0.39, 0.29) is 5.82 Å². The molecule has 0 aliphatic carbocycles. The number of hydrogen-bond acceptors (Lipinski definition) is 6. The average molecular weight is 420 g/mol. The minimum atomic E-state index is -4.67. The number of halogens is 3. The summed E-state index contributed by atoms with van der Waals surface area (Å²) < 4.78 is 49.1. The molecular formula is C19H15F3N4O2S. The number of methoxy groups -OCH3 is 1. The van der Waals surface area contributed by atoms with Gasteiger partial charge in [-0.05, 0) is 29.8 Å². The van der Waals surface area contributed by atoms with Crippen molar-refractivity contribution in [2.24, 2.45) is 0 Å². The van der Waals surface area contributed by atoms with Gasteiger partial charge >= 0.3 is 12.1 Å². The van der Waals surface area contributed by atoms with Crippen LogP contribution in [-0.2, 0) is 17.7 Å². The number of alkyl halides is 3. The van der Waals surface area contributed by atoms with Crippen molar-refractivity contribution >= 4 is 17.4 Å². The molecule has 1 aromatic carbocycles. The predicted octanol–water partition coefficient (Wildman–Crippen LogP) is 4.85. The molecule has 6 nitrogen and oxygen atoms in total. The van der Waals surface area contributed by atoms with E-state index >= 15 is 0 Å². The van der Waals surface area contributed by atoms with Crippen molar-refractivity contribution in [1.29, 1.82) is 0 Å². The van der Waals surface area contributed by atoms with E-state index in [1.165, 1.54) is 5.56 Å². The Morgan fingerprint density at radius 1 is 1.10 bits per heavy atom. The summed E-state index contributed by atoms with van der Waals surface area (Å²) in [6, 6.07) is 11.1. The van der Waals surface area contributed by atoms with Crippen LogP contribution < -0.4 is 4.74 Å². The predicted molar refractivity (Wildman–Crippen MR) is 101 cm³/mol. The fourth-order valence-electron chi connectivity index (χ4n) is 2.69. The minimum Gasteiger partial charge on any atom is -0.497 e. The molecule has 0 spiro atoms. The maximum atomic E-state index is 12.6. The molecule has 0 saturated heterocycles. The van der Waals surface area contributed by atoms with Crippen LogP contribution in [0, 0.1) is 0 Å². The highest BCUT2D eigenvalue weighted by atomic mass is 32.2. The summed E-state index contributed by atoms with van der Waals surface area (Å²) in [5.74, 6) is 0.846. The summed E-state index contributed by atoms with van der Waals surface area (Å²) in [5, 5.41) is 3.41. The van der Waals surface area contributed by atoms with Crippen LogP contribution in [0.25, 0.3) is 17.0 Å². The number of nitrogens with zero attached hydrogens (tertiary/aromatic N) is 4. The Labute approximate surface area is 167 Å². The minimum absolute atomic E-state index is 0.127. The molecule has 0 unspecified atom stereocenters. The summed E-state index contributed by atoms with van der Waals surface area (Å²) >= 11 is 1.71. The maximum absolute atomic E-state index is 12.6. The third-order valence-electron chi connectivity index (χ3n) is 4.11. The Kier molecular flexibility index (Phi) is 5.18. The van der Waals surface area contributed by atoms with Crippen LogP contribution in [-0.4, -0.2) is 26.6 Å². The average Bonchev–Trinajstić information content (AvgIpc) is 3.34. The molecule has 0 saturated carbocycles. The molecule has 0 fully saturated rings. The highest BCUT2D eigenvalue weighted by molar-refractivity contribution is 7.97. The van der Waals surface area contributed by atoms with Crippen LogP contribution in [0.15, 0.2) is 53.3 Å². The summed E-state index contributed by atoms with van der Waals surface area (Å²) in [7, 11) is 1.63. The number of fused-ring (bicyclic) bond motifs is 1. The molecule has 29 heavy (non-hydrogen) atoms. The van der Waals surface area contributed by atoms with E-state index in [4.69, 9.17) is 4.74 Å². The Bertz CT molecular complexity index is 1120. The van der Waals surface area contributed by atoms with Crippen LogP contribution in [0.4, 0.5) is 13.2 Å². The van der Waals surface area contributed by atoms with E-state index in [2.05, 4.69) is 19.6 Å². The van der Waals surface area contributed by atoms with E-state index in [0.29, 0.717) is 17.0 Å². The molecule has 0 aliphatic heterocycles. The normalized spacial score (nSPS) is 11.9. The van der Waals surface area contributed by atoms with Crippen LogP contribution >= 0.6 is 11.8 Å². The Hall–Kier alpha value is -3.01. The van der Waals surface area contributed by atoms with Gasteiger partial charge in [-0.25, -0.2) is 4.98 Å². The van der Waals surface area contributed by atoms with Gasteiger partial charge in [-0.15, -0.1) is 0 Å². The molecule has 4 rings (SSSR count). The van der Waals surface area contributed by atoms with Gasteiger partial charge in [0, 0.05) is 29.5 Å². The maximum Gasteiger partial charge on any atom is 0.471 e. The fraction of sp³-hybridized carbons (Fsp3) is 0.211. The third kappa shape index (κ3) is 4.37. The summed E-state index contributed by atoms with van der Waals surface area (Å²) in [6.45, 7) is 0. The molecule has 0 radical (unpaired) electrons. The summed E-state index contributed by atoms with van der Waals surface area (Å²) in [6.07, 6.45) is -1.08. The van der Waals surface area contributed by atoms with Crippen molar-refractivity contribution in [2.45, 2.75) is 17.7 Å². The number of benzene rings is 1. The van der Waals surface area contributed by atoms with Crippen molar-refractivity contribution in [1.82, 2.24) is 19.5 Å². The Morgan fingerprint density at radius 2 is 1.90 bits per heavy atom. The van der Waals surface area contributed by atoms with Crippen LogP contribution in [0.3, 0.4) is 0 Å². The SMILES string of the molecule is COc1ccc(CSCc2cn3ccc(-c4noc(C(F)(F)F)n4)cc3n2)cc1.